The Bertz CT molecular complexity index is 65.1. The minimum Gasteiger partial charge on any atom is -0.384 e. The lowest BCUT2D eigenvalue weighted by molar-refractivity contribution is 0.184. The predicted molar refractivity (Wildman–Crippen MR) is 28.0 cm³/mol. The van der Waals surface area contributed by atoms with Crippen LogP contribution in [-0.2, 0) is 4.74 Å². The van der Waals surface area contributed by atoms with E-state index in [2.05, 4.69) is 0 Å². The van der Waals surface area contributed by atoms with E-state index in [4.69, 9.17) is 10.5 Å². The first kappa shape index (κ1) is 5.06. The average molecular weight is 101 g/mol. The molecule has 0 aromatic heterocycles. The molecule has 1 aliphatic carbocycles. The van der Waals surface area contributed by atoms with Gasteiger partial charge in [0, 0.05) is 13.2 Å². The third-order valence-corrected chi connectivity index (χ3v) is 1.36. The van der Waals surface area contributed by atoms with Gasteiger partial charge in [-0.15, -0.1) is 0 Å². The van der Waals surface area contributed by atoms with Crippen LogP contribution in [0, 0.1) is 5.92 Å². The normalized spacial score (nSPS) is 38.6. The lowest BCUT2D eigenvalue weighted by atomic mass is 10.4. The lowest BCUT2D eigenvalue weighted by Crippen LogP contribution is -2.05. The highest BCUT2D eigenvalue weighted by Crippen LogP contribution is 2.27. The molecule has 1 fully saturated rings. The molecule has 0 aromatic rings. The molecule has 0 radical (unpaired) electrons. The third-order valence-electron chi connectivity index (χ3n) is 1.36. The average Bonchev–Trinajstić information content (AvgIpc) is 2.22. The second kappa shape index (κ2) is 1.80. The van der Waals surface area contributed by atoms with Gasteiger partial charge in [-0.05, 0) is 12.3 Å². The molecule has 42 valence electrons. The summed E-state index contributed by atoms with van der Waals surface area (Å²) in [6.07, 6.45) is 1.16. The van der Waals surface area contributed by atoms with E-state index in [1.807, 2.05) is 0 Å². The van der Waals surface area contributed by atoms with Crippen LogP contribution in [0.25, 0.3) is 0 Å². The van der Waals surface area contributed by atoms with Crippen molar-refractivity contribution in [3.8, 4) is 0 Å². The van der Waals surface area contributed by atoms with Crippen LogP contribution >= 0.6 is 0 Å². The Hall–Kier alpha value is -0.0800. The molecule has 0 unspecified atom stereocenters. The molecule has 2 heteroatoms. The van der Waals surface area contributed by atoms with E-state index in [1.54, 1.807) is 7.11 Å². The van der Waals surface area contributed by atoms with Crippen molar-refractivity contribution >= 4 is 0 Å². The predicted octanol–water partition coefficient (Wildman–Crippen LogP) is -0.0200. The van der Waals surface area contributed by atoms with Crippen molar-refractivity contribution in [2.45, 2.75) is 12.5 Å². The van der Waals surface area contributed by atoms with Crippen LogP contribution in [0.3, 0.4) is 0 Å². The van der Waals surface area contributed by atoms with Gasteiger partial charge in [-0.25, -0.2) is 0 Å². The Kier molecular flexibility index (Phi) is 1.30. The molecule has 0 spiro atoms. The van der Waals surface area contributed by atoms with Crippen LogP contribution in [0.4, 0.5) is 0 Å². The summed E-state index contributed by atoms with van der Waals surface area (Å²) in [6, 6.07) is 0.444. The summed E-state index contributed by atoms with van der Waals surface area (Å²) in [4.78, 5) is 0. The quantitative estimate of drug-likeness (QED) is 0.530. The van der Waals surface area contributed by atoms with Gasteiger partial charge >= 0.3 is 0 Å². The van der Waals surface area contributed by atoms with Gasteiger partial charge in [0.2, 0.25) is 0 Å². The molecule has 0 saturated heterocycles. The summed E-state index contributed by atoms with van der Waals surface area (Å²) in [6.45, 7) is 0.848. The standard InChI is InChI=1S/C5H11NO/c1-7-3-4-2-5(4)6/h4-5H,2-3,6H2,1H3/t4-,5+/m1/s1. The van der Waals surface area contributed by atoms with Crippen molar-refractivity contribution in [1.82, 2.24) is 0 Å². The van der Waals surface area contributed by atoms with Gasteiger partial charge in [0.25, 0.3) is 0 Å². The van der Waals surface area contributed by atoms with Gasteiger partial charge in [-0.3, -0.25) is 0 Å². The van der Waals surface area contributed by atoms with Gasteiger partial charge in [0.1, 0.15) is 0 Å². The second-order valence-electron chi connectivity index (χ2n) is 2.11. The number of methoxy groups -OCH3 is 1. The topological polar surface area (TPSA) is 35.2 Å². The molecule has 0 heterocycles. The summed E-state index contributed by atoms with van der Waals surface area (Å²) in [7, 11) is 1.71. The summed E-state index contributed by atoms with van der Waals surface area (Å²) in [5.74, 6) is 0.671. The first-order valence-electron chi connectivity index (χ1n) is 2.59. The Balaban J connectivity index is 1.98. The second-order valence-corrected chi connectivity index (χ2v) is 2.11. The highest BCUT2D eigenvalue weighted by molar-refractivity contribution is 4.89. The molecule has 0 aromatic carbocycles. The number of hydrogen-bond acceptors (Lipinski definition) is 2. The first-order valence-corrected chi connectivity index (χ1v) is 2.59. The zero-order valence-corrected chi connectivity index (χ0v) is 4.55. The minimum atomic E-state index is 0.444. The summed E-state index contributed by atoms with van der Waals surface area (Å²) < 4.78 is 4.86. The van der Waals surface area contributed by atoms with Crippen molar-refractivity contribution in [3.63, 3.8) is 0 Å². The first-order chi connectivity index (χ1) is 3.34. The van der Waals surface area contributed by atoms with Crippen molar-refractivity contribution in [2.75, 3.05) is 13.7 Å². The molecule has 2 N–H and O–H groups in total. The number of ether oxygens (including phenoxy) is 1. The van der Waals surface area contributed by atoms with Gasteiger partial charge < -0.3 is 10.5 Å². The van der Waals surface area contributed by atoms with Gasteiger partial charge in [-0.1, -0.05) is 0 Å². The van der Waals surface area contributed by atoms with Crippen molar-refractivity contribution in [2.24, 2.45) is 11.7 Å². The SMILES string of the molecule is COC[C@H]1C[C@@H]1N. The Morgan fingerprint density at radius 2 is 2.43 bits per heavy atom. The fourth-order valence-corrected chi connectivity index (χ4v) is 0.677. The van der Waals surface area contributed by atoms with Crippen LogP contribution in [0.1, 0.15) is 6.42 Å². The number of rotatable bonds is 2. The molecule has 1 rings (SSSR count). The van der Waals surface area contributed by atoms with Crippen LogP contribution in [0.2, 0.25) is 0 Å². The Labute approximate surface area is 43.6 Å². The highest BCUT2D eigenvalue weighted by Gasteiger charge is 2.32. The molecule has 2 atom stereocenters. The van der Waals surface area contributed by atoms with Crippen LogP contribution in [0.5, 0.6) is 0 Å². The van der Waals surface area contributed by atoms with Crippen molar-refractivity contribution < 1.29 is 4.74 Å². The monoisotopic (exact) mass is 101 g/mol. The maximum absolute atomic E-state index is 5.47. The minimum absolute atomic E-state index is 0.444. The fraction of sp³-hybridized carbons (Fsp3) is 1.00. The van der Waals surface area contributed by atoms with E-state index in [0.717, 1.165) is 13.0 Å². The molecule has 1 saturated carbocycles. The van der Waals surface area contributed by atoms with E-state index < -0.39 is 0 Å². The van der Waals surface area contributed by atoms with E-state index in [0.29, 0.717) is 12.0 Å². The van der Waals surface area contributed by atoms with Crippen LogP contribution in [-0.4, -0.2) is 19.8 Å². The van der Waals surface area contributed by atoms with Gasteiger partial charge in [0.15, 0.2) is 0 Å². The van der Waals surface area contributed by atoms with Gasteiger partial charge in [0.05, 0.1) is 6.61 Å². The van der Waals surface area contributed by atoms with Crippen LogP contribution in [0.15, 0.2) is 0 Å². The smallest absolute Gasteiger partial charge is 0.0505 e. The molecule has 2 nitrogen and oxygen atoms in total. The Morgan fingerprint density at radius 3 is 2.57 bits per heavy atom. The molecule has 1 aliphatic rings. The van der Waals surface area contributed by atoms with E-state index >= 15 is 0 Å². The fourth-order valence-electron chi connectivity index (χ4n) is 0.677. The largest absolute Gasteiger partial charge is 0.384 e. The summed E-state index contributed by atoms with van der Waals surface area (Å²) in [5.41, 5.74) is 5.47. The Morgan fingerprint density at radius 1 is 1.86 bits per heavy atom. The third kappa shape index (κ3) is 1.14. The summed E-state index contributed by atoms with van der Waals surface area (Å²) >= 11 is 0. The highest BCUT2D eigenvalue weighted by atomic mass is 16.5. The maximum atomic E-state index is 5.47. The number of nitrogens with two attached hydrogens (primary N) is 1. The molecular weight excluding hydrogens is 90.1 g/mol. The van der Waals surface area contributed by atoms with Crippen molar-refractivity contribution in [3.05, 3.63) is 0 Å². The van der Waals surface area contributed by atoms with Crippen LogP contribution < -0.4 is 5.73 Å². The zero-order valence-electron chi connectivity index (χ0n) is 4.55. The zero-order chi connectivity index (χ0) is 5.28. The maximum Gasteiger partial charge on any atom is 0.0505 e. The van der Waals surface area contributed by atoms with E-state index in [1.165, 1.54) is 0 Å². The van der Waals surface area contributed by atoms with E-state index in [-0.39, 0.29) is 0 Å². The lowest BCUT2D eigenvalue weighted by Gasteiger charge is -1.89. The molecule has 7 heavy (non-hydrogen) atoms. The molecule has 0 amide bonds. The molecular formula is C5H11NO. The molecule has 0 bridgehead atoms. The van der Waals surface area contributed by atoms with Crippen molar-refractivity contribution in [1.29, 1.82) is 0 Å². The number of hydrogen-bond donors (Lipinski definition) is 1. The van der Waals surface area contributed by atoms with Gasteiger partial charge in [-0.2, -0.15) is 0 Å². The summed E-state index contributed by atoms with van der Waals surface area (Å²) in [5, 5.41) is 0. The molecule has 0 aliphatic heterocycles. The van der Waals surface area contributed by atoms with E-state index in [9.17, 15) is 0 Å².